The fourth-order valence-electron chi connectivity index (χ4n) is 8.26. The maximum Gasteiger partial charge on any atom is 0.315 e. The quantitative estimate of drug-likeness (QED) is 0.629. The van der Waals surface area contributed by atoms with Crippen molar-refractivity contribution in [2.24, 2.45) is 22.5 Å². The molecule has 174 valence electrons. The van der Waals surface area contributed by atoms with Crippen LogP contribution in [0, 0.1) is 16.7 Å². The summed E-state index contributed by atoms with van der Waals surface area (Å²) in [7, 11) is 0. The van der Waals surface area contributed by atoms with Crippen LogP contribution < -0.4 is 21.1 Å². The molecule has 5 fully saturated rings. The molecule has 0 aliphatic heterocycles. The van der Waals surface area contributed by atoms with Gasteiger partial charge in [0.2, 0.25) is 5.91 Å². The van der Waals surface area contributed by atoms with Crippen molar-refractivity contribution < 1.29 is 14.3 Å². The second-order valence-corrected chi connectivity index (χ2v) is 12.0. The lowest BCUT2D eigenvalue weighted by Gasteiger charge is -2.65. The van der Waals surface area contributed by atoms with Crippen molar-refractivity contribution in [3.63, 3.8) is 0 Å². The zero-order valence-electron chi connectivity index (χ0n) is 19.4. The summed E-state index contributed by atoms with van der Waals surface area (Å²) in [5, 5.41) is 6.73. The lowest BCUT2D eigenvalue weighted by atomic mass is 9.43. The monoisotopic (exact) mass is 439 g/mol. The average Bonchev–Trinajstić information content (AvgIpc) is 2.66. The number of hydrogen-bond donors (Lipinski definition) is 3. The number of amides is 3. The van der Waals surface area contributed by atoms with E-state index >= 15 is 0 Å². The van der Waals surface area contributed by atoms with Gasteiger partial charge in [-0.05, 0) is 105 Å². The molecule has 3 amide bonds. The summed E-state index contributed by atoms with van der Waals surface area (Å²) in [5.41, 5.74) is 6.56. The van der Waals surface area contributed by atoms with Crippen LogP contribution in [0.15, 0.2) is 24.3 Å². The van der Waals surface area contributed by atoms with E-state index in [9.17, 15) is 9.59 Å². The van der Waals surface area contributed by atoms with Crippen LogP contribution in [0.2, 0.25) is 0 Å². The molecule has 1 aromatic rings. The second kappa shape index (κ2) is 7.67. The summed E-state index contributed by atoms with van der Waals surface area (Å²) in [5.74, 6) is 1.09. The van der Waals surface area contributed by atoms with Gasteiger partial charge in [-0.25, -0.2) is 4.79 Å². The van der Waals surface area contributed by atoms with Gasteiger partial charge in [-0.15, -0.1) is 0 Å². The maximum atomic E-state index is 13.0. The molecule has 4 atom stereocenters. The third-order valence-electron chi connectivity index (χ3n) is 8.46. The number of nitrogens with one attached hydrogen (secondary N) is 2. The molecule has 6 rings (SSSR count). The minimum atomic E-state index is -0.432. The molecule has 1 aromatic carbocycles. The average molecular weight is 440 g/mol. The Morgan fingerprint density at radius 1 is 0.938 bits per heavy atom. The molecule has 5 saturated carbocycles. The standard InChI is InChI=1S/C26H37N3O3/c1-24-11-17-12-25(2,14-24)16-26(13-17,15-24)29-23(31)28-19-5-9-21(10-6-19)32-20-7-3-18(4-8-20)22(27)30/h3-4,7-8,17,19,21H,5-6,9-16H2,1-2H3,(H2,27,30)(H2,28,29,31)/t17?,19?,21?,24-,25+,26?. The van der Waals surface area contributed by atoms with Gasteiger partial charge >= 0.3 is 6.03 Å². The predicted octanol–water partition coefficient (Wildman–Crippen LogP) is 4.52. The van der Waals surface area contributed by atoms with Crippen LogP contribution >= 0.6 is 0 Å². The van der Waals surface area contributed by atoms with Crippen LogP contribution in [0.1, 0.15) is 88.4 Å². The summed E-state index contributed by atoms with van der Waals surface area (Å²) < 4.78 is 6.08. The minimum absolute atomic E-state index is 0.00954. The van der Waals surface area contributed by atoms with E-state index in [4.69, 9.17) is 10.5 Å². The molecule has 4 bridgehead atoms. The molecular formula is C26H37N3O3. The Bertz CT molecular complexity index is 872. The number of hydrogen-bond acceptors (Lipinski definition) is 3. The van der Waals surface area contributed by atoms with E-state index in [1.165, 1.54) is 19.3 Å². The molecule has 5 aliphatic carbocycles. The highest BCUT2D eigenvalue weighted by Crippen LogP contribution is 2.66. The molecule has 5 aliphatic rings. The third-order valence-corrected chi connectivity index (χ3v) is 8.46. The molecule has 0 saturated heterocycles. The first-order valence-corrected chi connectivity index (χ1v) is 12.3. The number of rotatable bonds is 5. The molecule has 6 nitrogen and oxygen atoms in total. The number of primary amides is 1. The Hall–Kier alpha value is -2.24. The summed E-state index contributed by atoms with van der Waals surface area (Å²) in [6.07, 6.45) is 11.2. The zero-order chi connectivity index (χ0) is 22.6. The van der Waals surface area contributed by atoms with Crippen molar-refractivity contribution in [1.82, 2.24) is 10.6 Å². The van der Waals surface area contributed by atoms with Crippen LogP contribution in [0.25, 0.3) is 0 Å². The van der Waals surface area contributed by atoms with Gasteiger partial charge in [0.15, 0.2) is 0 Å². The Morgan fingerprint density at radius 2 is 1.56 bits per heavy atom. The van der Waals surface area contributed by atoms with Gasteiger partial charge in [0.25, 0.3) is 0 Å². The highest BCUT2D eigenvalue weighted by atomic mass is 16.5. The summed E-state index contributed by atoms with van der Waals surface area (Å²) in [6.45, 7) is 4.87. The van der Waals surface area contributed by atoms with Crippen molar-refractivity contribution >= 4 is 11.9 Å². The maximum absolute atomic E-state index is 13.0. The summed E-state index contributed by atoms with van der Waals surface area (Å²) in [6, 6.07) is 7.20. The van der Waals surface area contributed by atoms with E-state index in [0.29, 0.717) is 16.4 Å². The number of carbonyl (C=O) groups is 2. The topological polar surface area (TPSA) is 93.4 Å². The van der Waals surface area contributed by atoms with Crippen molar-refractivity contribution in [2.45, 2.75) is 95.7 Å². The van der Waals surface area contributed by atoms with E-state index < -0.39 is 5.91 Å². The Labute approximate surface area is 191 Å². The Balaban J connectivity index is 1.11. The SMILES string of the molecule is C[C@]12CC3CC(NC(=O)NC4CCC(Oc5ccc(C(N)=O)cc5)CC4)(C1)C[C@@](C)(C3)C2. The first-order chi connectivity index (χ1) is 15.1. The van der Waals surface area contributed by atoms with Gasteiger partial charge in [0.05, 0.1) is 6.10 Å². The van der Waals surface area contributed by atoms with E-state index in [1.54, 1.807) is 24.3 Å². The van der Waals surface area contributed by atoms with Crippen LogP contribution in [0.3, 0.4) is 0 Å². The highest BCUT2D eigenvalue weighted by molar-refractivity contribution is 5.92. The van der Waals surface area contributed by atoms with Crippen molar-refractivity contribution in [1.29, 1.82) is 0 Å². The van der Waals surface area contributed by atoms with E-state index in [1.807, 2.05) is 0 Å². The number of nitrogens with two attached hydrogens (primary N) is 1. The first kappa shape index (κ1) is 21.6. The van der Waals surface area contributed by atoms with Crippen molar-refractivity contribution in [2.75, 3.05) is 0 Å². The smallest absolute Gasteiger partial charge is 0.315 e. The van der Waals surface area contributed by atoms with Gasteiger partial charge in [-0.2, -0.15) is 0 Å². The molecule has 4 N–H and O–H groups in total. The predicted molar refractivity (Wildman–Crippen MR) is 123 cm³/mol. The lowest BCUT2D eigenvalue weighted by molar-refractivity contribution is -0.113. The molecular weight excluding hydrogens is 402 g/mol. The normalized spacial score (nSPS) is 40.0. The van der Waals surface area contributed by atoms with E-state index in [-0.39, 0.29) is 23.7 Å². The van der Waals surface area contributed by atoms with Crippen LogP contribution in [0.4, 0.5) is 4.79 Å². The van der Waals surface area contributed by atoms with Gasteiger partial charge in [0, 0.05) is 17.1 Å². The Morgan fingerprint density at radius 3 is 2.12 bits per heavy atom. The number of carbonyl (C=O) groups excluding carboxylic acids is 2. The fraction of sp³-hybridized carbons (Fsp3) is 0.692. The highest BCUT2D eigenvalue weighted by Gasteiger charge is 2.60. The molecule has 0 aromatic heterocycles. The van der Waals surface area contributed by atoms with Crippen molar-refractivity contribution in [3.8, 4) is 5.75 Å². The first-order valence-electron chi connectivity index (χ1n) is 12.3. The molecule has 0 radical (unpaired) electrons. The minimum Gasteiger partial charge on any atom is -0.490 e. The molecule has 6 heteroatoms. The summed E-state index contributed by atoms with van der Waals surface area (Å²) >= 11 is 0. The lowest BCUT2D eigenvalue weighted by Crippen LogP contribution is -2.66. The van der Waals surface area contributed by atoms with Gasteiger partial charge < -0.3 is 21.1 Å². The number of benzene rings is 1. The number of urea groups is 1. The fourth-order valence-corrected chi connectivity index (χ4v) is 8.26. The van der Waals surface area contributed by atoms with Crippen molar-refractivity contribution in [3.05, 3.63) is 29.8 Å². The van der Waals surface area contributed by atoms with Gasteiger partial charge in [-0.1, -0.05) is 13.8 Å². The zero-order valence-corrected chi connectivity index (χ0v) is 19.4. The van der Waals surface area contributed by atoms with Gasteiger partial charge in [0.1, 0.15) is 5.75 Å². The molecule has 2 unspecified atom stereocenters. The van der Waals surface area contributed by atoms with Crippen LogP contribution in [0.5, 0.6) is 5.75 Å². The second-order valence-electron chi connectivity index (χ2n) is 12.0. The van der Waals surface area contributed by atoms with Crippen LogP contribution in [-0.4, -0.2) is 29.6 Å². The Kier molecular flexibility index (Phi) is 5.18. The molecule has 32 heavy (non-hydrogen) atoms. The van der Waals surface area contributed by atoms with E-state index in [0.717, 1.165) is 56.6 Å². The third kappa shape index (κ3) is 4.33. The number of ether oxygens (including phenoxy) is 1. The van der Waals surface area contributed by atoms with Gasteiger partial charge in [-0.3, -0.25) is 4.79 Å². The van der Waals surface area contributed by atoms with E-state index in [2.05, 4.69) is 24.5 Å². The molecule has 0 spiro atoms. The summed E-state index contributed by atoms with van der Waals surface area (Å²) in [4.78, 5) is 24.2. The largest absolute Gasteiger partial charge is 0.490 e. The van der Waals surface area contributed by atoms with Crippen LogP contribution in [-0.2, 0) is 0 Å². The molecule has 0 heterocycles.